The van der Waals surface area contributed by atoms with Gasteiger partial charge in [-0.15, -0.1) is 11.8 Å². The van der Waals surface area contributed by atoms with Crippen molar-refractivity contribution < 1.29 is 14.4 Å². The third-order valence-electron chi connectivity index (χ3n) is 7.33. The van der Waals surface area contributed by atoms with Crippen molar-refractivity contribution >= 4 is 52.7 Å². The maximum Gasteiger partial charge on any atom is 0.272 e. The number of hydrogen-bond donors (Lipinski definition) is 2. The Kier molecular flexibility index (Phi) is 8.73. The number of halogens is 1. The van der Waals surface area contributed by atoms with Gasteiger partial charge >= 0.3 is 0 Å². The number of benzene rings is 5. The van der Waals surface area contributed by atoms with Gasteiger partial charge in [-0.25, -0.2) is 0 Å². The predicted octanol–water partition coefficient (Wildman–Crippen LogP) is 8.30. The van der Waals surface area contributed by atoms with Gasteiger partial charge in [0.05, 0.1) is 5.75 Å². The second kappa shape index (κ2) is 13.2. The number of thioether (sulfide) groups is 1. The van der Waals surface area contributed by atoms with E-state index in [2.05, 4.69) is 22.8 Å². The van der Waals surface area contributed by atoms with Gasteiger partial charge < -0.3 is 10.6 Å². The normalized spacial score (nSPS) is 11.8. The molecule has 0 spiro atoms. The first kappa shape index (κ1) is 29.2. The Labute approximate surface area is 265 Å². The number of amides is 2. The molecule has 0 aliphatic heterocycles. The molecule has 1 aliphatic rings. The molecule has 7 heteroatoms. The lowest BCUT2D eigenvalue weighted by atomic mass is 10.0. The van der Waals surface area contributed by atoms with Gasteiger partial charge in [0, 0.05) is 26.7 Å². The fourth-order valence-electron chi connectivity index (χ4n) is 5.07. The van der Waals surface area contributed by atoms with Crippen LogP contribution in [0.3, 0.4) is 0 Å². The Hall–Kier alpha value is -4.91. The van der Waals surface area contributed by atoms with E-state index in [0.717, 1.165) is 11.3 Å². The lowest BCUT2D eigenvalue weighted by Crippen LogP contribution is -2.30. The number of hydrogen-bond acceptors (Lipinski definition) is 4. The van der Waals surface area contributed by atoms with E-state index < -0.39 is 11.8 Å². The van der Waals surface area contributed by atoms with Crippen molar-refractivity contribution in [2.75, 3.05) is 11.1 Å². The van der Waals surface area contributed by atoms with Crippen LogP contribution in [0.1, 0.15) is 37.4 Å². The molecule has 5 nitrogen and oxygen atoms in total. The van der Waals surface area contributed by atoms with E-state index in [9.17, 15) is 14.4 Å². The summed E-state index contributed by atoms with van der Waals surface area (Å²) in [5, 5.41) is 6.02. The summed E-state index contributed by atoms with van der Waals surface area (Å²) in [6.45, 7) is 0. The maximum atomic E-state index is 13.3. The Bertz CT molecular complexity index is 1900. The van der Waals surface area contributed by atoms with E-state index in [1.165, 1.54) is 34.0 Å². The summed E-state index contributed by atoms with van der Waals surface area (Å²) in [5.74, 6) is -0.546. The van der Waals surface area contributed by atoms with Gasteiger partial charge in [0.15, 0.2) is 5.78 Å². The van der Waals surface area contributed by atoms with E-state index in [1.807, 2.05) is 48.5 Å². The van der Waals surface area contributed by atoms with Gasteiger partial charge in [0.25, 0.3) is 11.8 Å². The summed E-state index contributed by atoms with van der Waals surface area (Å²) in [4.78, 5) is 40.1. The second-order valence-electron chi connectivity index (χ2n) is 10.3. The molecule has 44 heavy (non-hydrogen) atoms. The van der Waals surface area contributed by atoms with Gasteiger partial charge in [-0.05, 0) is 88.8 Å². The fraction of sp³-hybridized carbons (Fsp3) is 0.0541. The van der Waals surface area contributed by atoms with Crippen molar-refractivity contribution in [3.8, 4) is 11.1 Å². The molecular formula is C37H27ClN2O3S. The molecule has 1 aliphatic carbocycles. The maximum absolute atomic E-state index is 13.3. The highest BCUT2D eigenvalue weighted by molar-refractivity contribution is 8.00. The zero-order valence-electron chi connectivity index (χ0n) is 23.5. The van der Waals surface area contributed by atoms with Crippen molar-refractivity contribution in [2.45, 2.75) is 11.3 Å². The molecule has 0 aromatic heterocycles. The lowest BCUT2D eigenvalue weighted by Gasteiger charge is -2.12. The molecule has 0 saturated heterocycles. The minimum absolute atomic E-state index is 0.0495. The lowest BCUT2D eigenvalue weighted by molar-refractivity contribution is -0.113. The SMILES string of the molecule is O=C(Nc1ccc(SCC(=O)c2ccc3c(c2)Cc2ccccc2-3)cc1)/C(=C/c1ccccc1Cl)NC(=O)c1ccccc1. The van der Waals surface area contributed by atoms with E-state index >= 15 is 0 Å². The van der Waals surface area contributed by atoms with E-state index in [1.54, 1.807) is 66.7 Å². The van der Waals surface area contributed by atoms with Crippen LogP contribution in [-0.4, -0.2) is 23.4 Å². The number of fused-ring (bicyclic) bond motifs is 3. The van der Waals surface area contributed by atoms with Crippen LogP contribution in [0.15, 0.2) is 132 Å². The first-order valence-electron chi connectivity index (χ1n) is 14.1. The molecule has 0 atom stereocenters. The number of anilines is 1. The quantitative estimate of drug-likeness (QED) is 0.0976. The number of carbonyl (C=O) groups excluding carboxylic acids is 3. The molecule has 5 aromatic carbocycles. The second-order valence-corrected chi connectivity index (χ2v) is 11.8. The number of ketones is 1. The topological polar surface area (TPSA) is 75.3 Å². The minimum atomic E-state index is -0.497. The molecule has 0 radical (unpaired) electrons. The Morgan fingerprint density at radius 2 is 1.43 bits per heavy atom. The van der Waals surface area contributed by atoms with Crippen molar-refractivity contribution in [1.82, 2.24) is 5.32 Å². The van der Waals surface area contributed by atoms with Crippen LogP contribution in [0.2, 0.25) is 5.02 Å². The predicted molar refractivity (Wildman–Crippen MR) is 178 cm³/mol. The van der Waals surface area contributed by atoms with E-state index in [0.29, 0.717) is 33.2 Å². The summed E-state index contributed by atoms with van der Waals surface area (Å²) in [6, 6.07) is 37.3. The van der Waals surface area contributed by atoms with Gasteiger partial charge in [0.2, 0.25) is 0 Å². The summed E-state index contributed by atoms with van der Waals surface area (Å²) in [6.07, 6.45) is 2.39. The third kappa shape index (κ3) is 6.67. The molecule has 0 saturated carbocycles. The molecule has 216 valence electrons. The van der Waals surface area contributed by atoms with Crippen LogP contribution in [0.25, 0.3) is 17.2 Å². The van der Waals surface area contributed by atoms with Crippen LogP contribution in [-0.2, 0) is 11.2 Å². The standard InChI is InChI=1S/C37H27ClN2O3S/c38-33-13-7-5-11-26(33)22-34(40-36(42)24-8-2-1-3-9-24)37(43)39-29-15-17-30(18-16-29)44-23-35(41)27-14-19-32-28(21-27)20-25-10-4-6-12-31(25)32/h1-19,21-22H,20,23H2,(H,39,43)(H,40,42)/b34-22-. The van der Waals surface area contributed by atoms with E-state index in [4.69, 9.17) is 11.6 Å². The third-order valence-corrected chi connectivity index (χ3v) is 8.69. The van der Waals surface area contributed by atoms with Crippen molar-refractivity contribution in [3.05, 3.63) is 160 Å². The highest BCUT2D eigenvalue weighted by atomic mass is 35.5. The van der Waals surface area contributed by atoms with Crippen LogP contribution in [0.4, 0.5) is 5.69 Å². The van der Waals surface area contributed by atoms with Crippen LogP contribution >= 0.6 is 23.4 Å². The Morgan fingerprint density at radius 1 is 0.727 bits per heavy atom. The van der Waals surface area contributed by atoms with Gasteiger partial charge in [0.1, 0.15) is 5.70 Å². The van der Waals surface area contributed by atoms with E-state index in [-0.39, 0.29) is 11.5 Å². The van der Waals surface area contributed by atoms with Gasteiger partial charge in [-0.3, -0.25) is 14.4 Å². The first-order valence-corrected chi connectivity index (χ1v) is 15.4. The van der Waals surface area contributed by atoms with Crippen molar-refractivity contribution in [3.63, 3.8) is 0 Å². The zero-order chi connectivity index (χ0) is 30.5. The molecule has 0 heterocycles. The molecule has 6 rings (SSSR count). The molecule has 0 unspecified atom stereocenters. The summed E-state index contributed by atoms with van der Waals surface area (Å²) in [5.41, 5.74) is 7.24. The monoisotopic (exact) mass is 614 g/mol. The number of carbonyl (C=O) groups is 3. The number of Topliss-reactive ketones (excluding diaryl/α,β-unsaturated/α-hetero) is 1. The van der Waals surface area contributed by atoms with Crippen LogP contribution < -0.4 is 10.6 Å². The highest BCUT2D eigenvalue weighted by Gasteiger charge is 2.20. The molecule has 5 aromatic rings. The fourth-order valence-corrected chi connectivity index (χ4v) is 6.06. The average Bonchev–Trinajstić information content (AvgIpc) is 3.43. The molecule has 2 N–H and O–H groups in total. The molecule has 2 amide bonds. The molecule has 0 bridgehead atoms. The molecular weight excluding hydrogens is 588 g/mol. The van der Waals surface area contributed by atoms with Gasteiger partial charge in [-0.1, -0.05) is 84.4 Å². The largest absolute Gasteiger partial charge is 0.321 e. The molecule has 0 fully saturated rings. The van der Waals surface area contributed by atoms with Crippen molar-refractivity contribution in [1.29, 1.82) is 0 Å². The summed E-state index contributed by atoms with van der Waals surface area (Å²) >= 11 is 7.77. The summed E-state index contributed by atoms with van der Waals surface area (Å²) in [7, 11) is 0. The van der Waals surface area contributed by atoms with Crippen LogP contribution in [0.5, 0.6) is 0 Å². The van der Waals surface area contributed by atoms with Gasteiger partial charge in [-0.2, -0.15) is 0 Å². The average molecular weight is 615 g/mol. The number of rotatable bonds is 9. The zero-order valence-corrected chi connectivity index (χ0v) is 25.1. The van der Waals surface area contributed by atoms with Crippen molar-refractivity contribution in [2.24, 2.45) is 0 Å². The summed E-state index contributed by atoms with van der Waals surface area (Å²) < 4.78 is 0. The number of nitrogens with one attached hydrogen (secondary N) is 2. The Morgan fingerprint density at radius 3 is 2.23 bits per heavy atom. The first-order chi connectivity index (χ1) is 21.4. The smallest absolute Gasteiger partial charge is 0.272 e. The Balaban J connectivity index is 1.10. The van der Waals surface area contributed by atoms with Crippen LogP contribution in [0, 0.1) is 0 Å². The highest BCUT2D eigenvalue weighted by Crippen LogP contribution is 2.37. The minimum Gasteiger partial charge on any atom is -0.321 e.